The lowest BCUT2D eigenvalue weighted by atomic mass is 9.76. The van der Waals surface area contributed by atoms with Gasteiger partial charge >= 0.3 is 0 Å². The molecule has 1 N–H and O–H groups in total. The van der Waals surface area contributed by atoms with E-state index in [0.717, 1.165) is 31.6 Å². The highest BCUT2D eigenvalue weighted by Crippen LogP contribution is 2.36. The molecule has 0 aliphatic heterocycles. The summed E-state index contributed by atoms with van der Waals surface area (Å²) < 4.78 is 0. The first-order chi connectivity index (χ1) is 8.29. The second kappa shape index (κ2) is 6.18. The summed E-state index contributed by atoms with van der Waals surface area (Å²) in [5.41, 5.74) is 1.51. The van der Waals surface area contributed by atoms with Crippen molar-refractivity contribution in [1.82, 2.24) is 10.2 Å². The Morgan fingerprint density at radius 1 is 1.24 bits per heavy atom. The van der Waals surface area contributed by atoms with Gasteiger partial charge in [-0.25, -0.2) is 0 Å². The van der Waals surface area contributed by atoms with E-state index in [4.69, 9.17) is 0 Å². The van der Waals surface area contributed by atoms with Gasteiger partial charge in [0.2, 0.25) is 0 Å². The summed E-state index contributed by atoms with van der Waals surface area (Å²) in [7, 11) is 2.18. The molecule has 1 aliphatic carbocycles. The van der Waals surface area contributed by atoms with Gasteiger partial charge < -0.3 is 10.2 Å². The van der Waals surface area contributed by atoms with Crippen LogP contribution in [0, 0.1) is 0 Å². The molecule has 0 saturated heterocycles. The lowest BCUT2D eigenvalue weighted by Crippen LogP contribution is -2.43. The molecule has 2 nitrogen and oxygen atoms in total. The number of benzene rings is 1. The normalized spacial score (nSPS) is 23.7. The first-order valence-electron chi connectivity index (χ1n) is 6.76. The molecule has 1 saturated carbocycles. The van der Waals surface area contributed by atoms with E-state index in [1.54, 1.807) is 0 Å². The van der Waals surface area contributed by atoms with Crippen LogP contribution in [0.1, 0.15) is 31.2 Å². The van der Waals surface area contributed by atoms with Crippen LogP contribution in [0.2, 0.25) is 0 Å². The SMILES string of the molecule is CCN(C)CCNC1CC(c2ccccc2)C1. The van der Waals surface area contributed by atoms with Crippen LogP contribution in [0.5, 0.6) is 0 Å². The number of rotatable bonds is 6. The van der Waals surface area contributed by atoms with Crippen molar-refractivity contribution in [1.29, 1.82) is 0 Å². The number of likely N-dealkylation sites (N-methyl/N-ethyl adjacent to an activating group) is 1. The van der Waals surface area contributed by atoms with E-state index in [1.807, 2.05) is 0 Å². The largest absolute Gasteiger partial charge is 0.313 e. The maximum Gasteiger partial charge on any atom is 0.0104 e. The Morgan fingerprint density at radius 2 is 1.94 bits per heavy atom. The van der Waals surface area contributed by atoms with Gasteiger partial charge in [0.05, 0.1) is 0 Å². The smallest absolute Gasteiger partial charge is 0.0104 e. The van der Waals surface area contributed by atoms with Gasteiger partial charge in [-0.2, -0.15) is 0 Å². The first kappa shape index (κ1) is 12.6. The van der Waals surface area contributed by atoms with Crippen molar-refractivity contribution in [2.24, 2.45) is 0 Å². The van der Waals surface area contributed by atoms with Crippen molar-refractivity contribution in [2.45, 2.75) is 31.7 Å². The number of hydrogen-bond donors (Lipinski definition) is 1. The van der Waals surface area contributed by atoms with E-state index in [9.17, 15) is 0 Å². The zero-order chi connectivity index (χ0) is 12.1. The molecule has 1 aromatic carbocycles. The topological polar surface area (TPSA) is 15.3 Å². The molecule has 0 spiro atoms. The second-order valence-electron chi connectivity index (χ2n) is 5.13. The molecular formula is C15H24N2. The molecule has 2 rings (SSSR count). The van der Waals surface area contributed by atoms with Crippen molar-refractivity contribution in [3.8, 4) is 0 Å². The van der Waals surface area contributed by atoms with E-state index < -0.39 is 0 Å². The summed E-state index contributed by atoms with van der Waals surface area (Å²) in [5.74, 6) is 0.789. The molecule has 2 heteroatoms. The Bertz CT molecular complexity index is 317. The molecule has 94 valence electrons. The number of hydrogen-bond acceptors (Lipinski definition) is 2. The van der Waals surface area contributed by atoms with E-state index >= 15 is 0 Å². The Balaban J connectivity index is 1.63. The molecule has 0 amide bonds. The number of nitrogens with zero attached hydrogens (tertiary/aromatic N) is 1. The molecule has 0 heterocycles. The van der Waals surface area contributed by atoms with Crippen LogP contribution in [0.4, 0.5) is 0 Å². The van der Waals surface area contributed by atoms with Crippen LogP contribution in [0.25, 0.3) is 0 Å². The standard InChI is InChI=1S/C15H24N2/c1-3-17(2)10-9-16-15-11-14(12-15)13-7-5-4-6-8-13/h4-8,14-16H,3,9-12H2,1-2H3. The van der Waals surface area contributed by atoms with Crippen LogP contribution in [0.3, 0.4) is 0 Å². The first-order valence-corrected chi connectivity index (χ1v) is 6.76. The van der Waals surface area contributed by atoms with Crippen LogP contribution in [-0.2, 0) is 0 Å². The predicted molar refractivity (Wildman–Crippen MR) is 73.4 cm³/mol. The molecule has 1 aliphatic rings. The molecule has 0 atom stereocenters. The van der Waals surface area contributed by atoms with Crippen molar-refractivity contribution in [3.05, 3.63) is 35.9 Å². The lowest BCUT2D eigenvalue weighted by molar-refractivity contribution is 0.270. The van der Waals surface area contributed by atoms with Crippen molar-refractivity contribution in [2.75, 3.05) is 26.7 Å². The third kappa shape index (κ3) is 3.55. The summed E-state index contributed by atoms with van der Waals surface area (Å²) >= 11 is 0. The van der Waals surface area contributed by atoms with Gasteiger partial charge in [-0.3, -0.25) is 0 Å². The monoisotopic (exact) mass is 232 g/mol. The minimum absolute atomic E-state index is 0.741. The lowest BCUT2D eigenvalue weighted by Gasteiger charge is -2.36. The average molecular weight is 232 g/mol. The predicted octanol–water partition coefficient (Wildman–Crippen LogP) is 2.47. The van der Waals surface area contributed by atoms with E-state index in [2.05, 4.69) is 54.5 Å². The van der Waals surface area contributed by atoms with Crippen molar-refractivity contribution < 1.29 is 0 Å². The highest BCUT2D eigenvalue weighted by Gasteiger charge is 2.29. The van der Waals surface area contributed by atoms with Gasteiger partial charge in [0.15, 0.2) is 0 Å². The third-order valence-electron chi connectivity index (χ3n) is 3.88. The molecule has 1 aromatic rings. The molecule has 0 radical (unpaired) electrons. The highest BCUT2D eigenvalue weighted by molar-refractivity contribution is 5.22. The fraction of sp³-hybridized carbons (Fsp3) is 0.600. The van der Waals surface area contributed by atoms with E-state index in [1.165, 1.54) is 18.4 Å². The summed E-state index contributed by atoms with van der Waals surface area (Å²) in [6.07, 6.45) is 2.61. The van der Waals surface area contributed by atoms with Crippen LogP contribution >= 0.6 is 0 Å². The van der Waals surface area contributed by atoms with Gasteiger partial charge in [0.1, 0.15) is 0 Å². The van der Waals surface area contributed by atoms with Crippen LogP contribution in [0.15, 0.2) is 30.3 Å². The third-order valence-corrected chi connectivity index (χ3v) is 3.88. The molecule has 1 fully saturated rings. The van der Waals surface area contributed by atoms with Gasteiger partial charge in [-0.1, -0.05) is 37.3 Å². The molecule has 17 heavy (non-hydrogen) atoms. The van der Waals surface area contributed by atoms with E-state index in [-0.39, 0.29) is 0 Å². The van der Waals surface area contributed by atoms with Crippen LogP contribution in [-0.4, -0.2) is 37.6 Å². The van der Waals surface area contributed by atoms with Gasteiger partial charge in [0, 0.05) is 19.1 Å². The zero-order valence-corrected chi connectivity index (χ0v) is 11.0. The summed E-state index contributed by atoms with van der Waals surface area (Å²) in [5, 5.41) is 3.64. The quantitative estimate of drug-likeness (QED) is 0.810. The Hall–Kier alpha value is -0.860. The van der Waals surface area contributed by atoms with Gasteiger partial charge in [-0.05, 0) is 37.9 Å². The second-order valence-corrected chi connectivity index (χ2v) is 5.13. The Kier molecular flexibility index (Phi) is 4.57. The minimum atomic E-state index is 0.741. The van der Waals surface area contributed by atoms with E-state index in [0.29, 0.717) is 0 Å². The summed E-state index contributed by atoms with van der Waals surface area (Å²) in [4.78, 5) is 2.35. The van der Waals surface area contributed by atoms with Crippen molar-refractivity contribution >= 4 is 0 Å². The Labute approximate surface area is 105 Å². The zero-order valence-electron chi connectivity index (χ0n) is 11.0. The van der Waals surface area contributed by atoms with Gasteiger partial charge in [0.25, 0.3) is 0 Å². The Morgan fingerprint density at radius 3 is 2.59 bits per heavy atom. The summed E-state index contributed by atoms with van der Waals surface area (Å²) in [6, 6.07) is 11.6. The van der Waals surface area contributed by atoms with Crippen LogP contribution < -0.4 is 5.32 Å². The van der Waals surface area contributed by atoms with Crippen molar-refractivity contribution in [3.63, 3.8) is 0 Å². The fourth-order valence-electron chi connectivity index (χ4n) is 2.40. The maximum atomic E-state index is 3.64. The average Bonchev–Trinajstić information content (AvgIpc) is 2.32. The van der Waals surface area contributed by atoms with Gasteiger partial charge in [-0.15, -0.1) is 0 Å². The fourth-order valence-corrected chi connectivity index (χ4v) is 2.40. The minimum Gasteiger partial charge on any atom is -0.313 e. The summed E-state index contributed by atoms with van der Waals surface area (Å²) in [6.45, 7) is 5.62. The molecule has 0 aromatic heterocycles. The molecule has 0 bridgehead atoms. The highest BCUT2D eigenvalue weighted by atomic mass is 15.1. The molecular weight excluding hydrogens is 208 g/mol. The maximum absolute atomic E-state index is 3.64. The molecule has 0 unspecified atom stereocenters. The number of nitrogens with one attached hydrogen (secondary N) is 1.